The van der Waals surface area contributed by atoms with Crippen LogP contribution in [-0.4, -0.2) is 65.4 Å². The van der Waals surface area contributed by atoms with Gasteiger partial charge in [-0.3, -0.25) is 9.59 Å². The SMILES string of the molecule is CCC(=O)N1CC(O)C(NC(=O)C2=C(C)NC(c3c(OCC4CC4)ccc4c3OCO4)c3cc[nH]c32)C1. The quantitative estimate of drug-likeness (QED) is 0.451. The number of likely N-dealkylation sites (tertiary alicyclic amines) is 1. The van der Waals surface area contributed by atoms with Gasteiger partial charge < -0.3 is 39.8 Å². The van der Waals surface area contributed by atoms with Gasteiger partial charge in [0.25, 0.3) is 5.91 Å². The Labute approximate surface area is 215 Å². The van der Waals surface area contributed by atoms with Crippen molar-refractivity contribution in [2.75, 3.05) is 26.5 Å². The summed E-state index contributed by atoms with van der Waals surface area (Å²) in [6.07, 6.45) is 3.72. The second-order valence-corrected chi connectivity index (χ2v) is 10.2. The number of hydrogen-bond acceptors (Lipinski definition) is 7. The standard InChI is InChI=1S/C27H32N4O6/c1-3-21(33)31-10-17(18(32)11-31)30-27(34)22-14(2)29-25(16-8-9-28-24(16)22)23-19(35-12-15-4-5-15)6-7-20-26(23)37-13-36-20/h6-9,15,17-18,25,28-29,32H,3-5,10-13H2,1-2H3,(H,30,34). The number of benzene rings is 1. The fraction of sp³-hybridized carbons (Fsp3) is 0.481. The summed E-state index contributed by atoms with van der Waals surface area (Å²) in [6.45, 7) is 4.94. The summed E-state index contributed by atoms with van der Waals surface area (Å²) in [4.78, 5) is 30.4. The van der Waals surface area contributed by atoms with Crippen LogP contribution in [0.25, 0.3) is 5.57 Å². The molecule has 1 saturated carbocycles. The van der Waals surface area contributed by atoms with E-state index in [-0.39, 0.29) is 37.7 Å². The first-order valence-corrected chi connectivity index (χ1v) is 12.9. The third-order valence-electron chi connectivity index (χ3n) is 7.56. The van der Waals surface area contributed by atoms with Crippen LogP contribution in [0.3, 0.4) is 0 Å². The van der Waals surface area contributed by atoms with E-state index in [0.29, 0.717) is 47.4 Å². The van der Waals surface area contributed by atoms with E-state index in [9.17, 15) is 14.7 Å². The van der Waals surface area contributed by atoms with Gasteiger partial charge in [-0.1, -0.05) is 6.92 Å². The Hall–Kier alpha value is -3.66. The molecule has 10 heteroatoms. The van der Waals surface area contributed by atoms with Crippen LogP contribution in [0, 0.1) is 5.92 Å². The number of hydrogen-bond donors (Lipinski definition) is 4. The minimum atomic E-state index is -0.817. The molecule has 4 heterocycles. The molecule has 2 fully saturated rings. The van der Waals surface area contributed by atoms with Crippen molar-refractivity contribution in [2.45, 2.75) is 51.3 Å². The molecule has 2 aromatic rings. The van der Waals surface area contributed by atoms with E-state index in [4.69, 9.17) is 14.2 Å². The van der Waals surface area contributed by atoms with E-state index < -0.39 is 12.1 Å². The van der Waals surface area contributed by atoms with Gasteiger partial charge in [-0.25, -0.2) is 0 Å². The number of carbonyl (C=O) groups excluding carboxylic acids is 2. The molecular weight excluding hydrogens is 476 g/mol. The van der Waals surface area contributed by atoms with Gasteiger partial charge in [0, 0.05) is 37.0 Å². The number of carbonyl (C=O) groups is 2. The number of aromatic nitrogens is 1. The monoisotopic (exact) mass is 508 g/mol. The smallest absolute Gasteiger partial charge is 0.255 e. The summed E-state index contributed by atoms with van der Waals surface area (Å²) in [6, 6.07) is 4.88. The first-order valence-electron chi connectivity index (χ1n) is 12.9. The second-order valence-electron chi connectivity index (χ2n) is 10.2. The molecule has 4 aliphatic rings. The van der Waals surface area contributed by atoms with E-state index >= 15 is 0 Å². The van der Waals surface area contributed by atoms with Crippen molar-refractivity contribution in [1.82, 2.24) is 20.5 Å². The minimum Gasteiger partial charge on any atom is -0.493 e. The highest BCUT2D eigenvalue weighted by Crippen LogP contribution is 2.48. The average molecular weight is 509 g/mol. The number of ether oxygens (including phenoxy) is 3. The van der Waals surface area contributed by atoms with Crippen LogP contribution >= 0.6 is 0 Å². The van der Waals surface area contributed by atoms with Gasteiger partial charge in [0.15, 0.2) is 11.5 Å². The van der Waals surface area contributed by atoms with Gasteiger partial charge >= 0.3 is 0 Å². The van der Waals surface area contributed by atoms with E-state index in [1.807, 2.05) is 31.3 Å². The van der Waals surface area contributed by atoms with Gasteiger partial charge in [-0.15, -0.1) is 0 Å². The Kier molecular flexibility index (Phi) is 5.98. The third-order valence-corrected chi connectivity index (χ3v) is 7.56. The minimum absolute atomic E-state index is 0.0404. The molecule has 3 aliphatic heterocycles. The largest absolute Gasteiger partial charge is 0.493 e. The van der Waals surface area contributed by atoms with Gasteiger partial charge in [-0.2, -0.15) is 0 Å². The topological polar surface area (TPSA) is 125 Å². The van der Waals surface area contributed by atoms with Gasteiger partial charge in [-0.05, 0) is 43.9 Å². The highest BCUT2D eigenvalue weighted by Gasteiger charge is 2.39. The number of H-pyrrole nitrogens is 1. The number of nitrogens with zero attached hydrogens (tertiary/aromatic N) is 1. The lowest BCUT2D eigenvalue weighted by Gasteiger charge is -2.30. The summed E-state index contributed by atoms with van der Waals surface area (Å²) in [5.41, 5.74) is 3.56. The fourth-order valence-corrected chi connectivity index (χ4v) is 5.37. The Morgan fingerprint density at radius 3 is 2.84 bits per heavy atom. The molecule has 3 atom stereocenters. The first-order chi connectivity index (χ1) is 17.9. The summed E-state index contributed by atoms with van der Waals surface area (Å²) < 4.78 is 17.8. The molecule has 0 spiro atoms. The normalized spacial score (nSPS) is 24.1. The number of aliphatic hydroxyl groups is 1. The highest BCUT2D eigenvalue weighted by molar-refractivity contribution is 6.20. The molecule has 10 nitrogen and oxygen atoms in total. The first kappa shape index (κ1) is 23.7. The number of allylic oxidation sites excluding steroid dienone is 1. The molecule has 4 N–H and O–H groups in total. The Bertz CT molecular complexity index is 1270. The van der Waals surface area contributed by atoms with E-state index in [1.165, 1.54) is 12.8 Å². The maximum atomic E-state index is 13.5. The molecule has 1 aromatic heterocycles. The molecule has 2 amide bonds. The molecule has 196 valence electrons. The lowest BCUT2D eigenvalue weighted by molar-refractivity contribution is -0.130. The number of aromatic amines is 1. The number of nitrogens with one attached hydrogen (secondary N) is 3. The summed E-state index contributed by atoms with van der Waals surface area (Å²) in [7, 11) is 0. The van der Waals surface area contributed by atoms with Gasteiger partial charge in [0.05, 0.1) is 41.6 Å². The number of amides is 2. The summed E-state index contributed by atoms with van der Waals surface area (Å²) >= 11 is 0. The van der Waals surface area contributed by atoms with Gasteiger partial charge in [0.2, 0.25) is 12.7 Å². The van der Waals surface area contributed by atoms with E-state index in [2.05, 4.69) is 15.6 Å². The lowest BCUT2D eigenvalue weighted by Crippen LogP contribution is -2.44. The summed E-state index contributed by atoms with van der Waals surface area (Å²) in [5.74, 6) is 2.28. The summed E-state index contributed by atoms with van der Waals surface area (Å²) in [5, 5.41) is 16.9. The van der Waals surface area contributed by atoms with Crippen LogP contribution in [0.4, 0.5) is 0 Å². The Morgan fingerprint density at radius 2 is 2.05 bits per heavy atom. The maximum Gasteiger partial charge on any atom is 0.255 e. The molecule has 1 aliphatic carbocycles. The van der Waals surface area contributed by atoms with Crippen molar-refractivity contribution in [3.63, 3.8) is 0 Å². The molecule has 6 rings (SSSR count). The number of rotatable bonds is 7. The fourth-order valence-electron chi connectivity index (χ4n) is 5.37. The van der Waals surface area contributed by atoms with Crippen molar-refractivity contribution in [1.29, 1.82) is 0 Å². The third kappa shape index (κ3) is 4.29. The van der Waals surface area contributed by atoms with Gasteiger partial charge in [0.1, 0.15) is 5.75 Å². The molecule has 3 unspecified atom stereocenters. The zero-order valence-electron chi connectivity index (χ0n) is 21.0. The predicted octanol–water partition coefficient (Wildman–Crippen LogP) is 2.05. The van der Waals surface area contributed by atoms with Crippen molar-refractivity contribution < 1.29 is 28.9 Å². The molecule has 37 heavy (non-hydrogen) atoms. The second kappa shape index (κ2) is 9.33. The zero-order valence-corrected chi connectivity index (χ0v) is 21.0. The molecule has 0 radical (unpaired) electrons. The molecule has 1 aromatic carbocycles. The number of β-amino-alcohol motifs (C(OH)–C–C–N with tert-alkyl or cyclic N) is 1. The number of aliphatic hydroxyl groups excluding tert-OH is 1. The van der Waals surface area contributed by atoms with Crippen LogP contribution in [-0.2, 0) is 9.59 Å². The molecular formula is C27H32N4O6. The van der Waals surface area contributed by atoms with Crippen LogP contribution in [0.2, 0.25) is 0 Å². The van der Waals surface area contributed by atoms with Crippen LogP contribution in [0.5, 0.6) is 17.2 Å². The zero-order chi connectivity index (χ0) is 25.7. The number of fused-ring (bicyclic) bond motifs is 2. The Morgan fingerprint density at radius 1 is 1.22 bits per heavy atom. The van der Waals surface area contributed by atoms with Crippen LogP contribution in [0.1, 0.15) is 56.0 Å². The Balaban J connectivity index is 1.29. The highest BCUT2D eigenvalue weighted by atomic mass is 16.7. The van der Waals surface area contributed by atoms with Crippen LogP contribution < -0.4 is 24.8 Å². The van der Waals surface area contributed by atoms with Crippen molar-refractivity contribution in [3.8, 4) is 17.2 Å². The molecule has 1 saturated heterocycles. The van der Waals surface area contributed by atoms with Crippen molar-refractivity contribution in [3.05, 3.63) is 46.9 Å². The predicted molar refractivity (Wildman–Crippen MR) is 134 cm³/mol. The van der Waals surface area contributed by atoms with Crippen LogP contribution in [0.15, 0.2) is 30.1 Å². The average Bonchev–Trinajstić information content (AvgIpc) is 3.23. The van der Waals surface area contributed by atoms with E-state index in [0.717, 1.165) is 16.9 Å². The van der Waals surface area contributed by atoms with Crippen molar-refractivity contribution in [2.24, 2.45) is 5.92 Å². The molecule has 0 bridgehead atoms. The van der Waals surface area contributed by atoms with Crippen molar-refractivity contribution >= 4 is 17.4 Å². The lowest BCUT2D eigenvalue weighted by atomic mass is 9.89. The van der Waals surface area contributed by atoms with E-state index in [1.54, 1.807) is 11.8 Å². The maximum absolute atomic E-state index is 13.5.